The number of benzene rings is 11. The molecule has 1 heterocycles. The van der Waals surface area contributed by atoms with E-state index in [-0.39, 0.29) is 5.41 Å². The summed E-state index contributed by atoms with van der Waals surface area (Å²) in [5.41, 5.74) is 24.1. The average molecular weight is 919 g/mol. The Balaban J connectivity index is 0.936. The van der Waals surface area contributed by atoms with Crippen molar-refractivity contribution in [2.24, 2.45) is 0 Å². The van der Waals surface area contributed by atoms with Crippen molar-refractivity contribution in [2.45, 2.75) is 24.7 Å². The van der Waals surface area contributed by atoms with Crippen molar-refractivity contribution in [3.8, 4) is 50.2 Å². The summed E-state index contributed by atoms with van der Waals surface area (Å²) in [6.45, 7) is 4.72. The Morgan fingerprint density at radius 1 is 0.333 bits per heavy atom. The monoisotopic (exact) mass is 918 g/mol. The maximum atomic E-state index is 2.49. The molecule has 14 rings (SSSR count). The number of para-hydroxylation sites is 1. The van der Waals surface area contributed by atoms with Gasteiger partial charge in [0.2, 0.25) is 0 Å². The number of hydrogen-bond acceptors (Lipinski definition) is 1. The number of aromatic nitrogens is 1. The zero-order valence-electron chi connectivity index (χ0n) is 40.3. The van der Waals surface area contributed by atoms with Crippen LogP contribution in [0, 0.1) is 0 Å². The Bertz CT molecular complexity index is 3990. The molecule has 0 atom stereocenters. The fourth-order valence-electron chi connectivity index (χ4n) is 12.6. The Kier molecular flexibility index (Phi) is 9.50. The smallest absolute Gasteiger partial charge is 0.0713 e. The quantitative estimate of drug-likeness (QED) is 0.147. The van der Waals surface area contributed by atoms with E-state index in [0.29, 0.717) is 0 Å². The molecule has 1 aromatic heterocycles. The Labute approximate surface area is 421 Å². The third kappa shape index (κ3) is 6.22. The van der Waals surface area contributed by atoms with Gasteiger partial charge in [-0.25, -0.2) is 0 Å². The molecule has 0 spiro atoms. The van der Waals surface area contributed by atoms with Crippen LogP contribution < -0.4 is 4.90 Å². The van der Waals surface area contributed by atoms with Crippen LogP contribution in [0.3, 0.4) is 0 Å². The molecule has 11 aromatic carbocycles. The molecule has 0 saturated carbocycles. The summed E-state index contributed by atoms with van der Waals surface area (Å²) in [4.78, 5) is 2.45. The van der Waals surface area contributed by atoms with Crippen molar-refractivity contribution in [3.05, 3.63) is 300 Å². The molecule has 2 aliphatic rings. The first-order valence-corrected chi connectivity index (χ1v) is 25.2. The van der Waals surface area contributed by atoms with Crippen molar-refractivity contribution in [1.82, 2.24) is 4.57 Å². The summed E-state index contributed by atoms with van der Waals surface area (Å²) >= 11 is 0. The van der Waals surface area contributed by atoms with E-state index in [1.807, 2.05) is 0 Å². The highest BCUT2D eigenvalue weighted by molar-refractivity contribution is 6.11. The SMILES string of the molecule is CC1(C)c2ccccc2-c2c(N(c3ccc(-c4ccccc4)cc3)c3ccc(-c4ccc5c(c4)c4cc(C6(c7ccccc7)c7ccccc7-c7ccccc76)ccc4n5-c4ccccc4)cc3)cccc21. The van der Waals surface area contributed by atoms with Crippen LogP contribution in [-0.2, 0) is 10.8 Å². The van der Waals surface area contributed by atoms with Gasteiger partial charge in [0.25, 0.3) is 0 Å². The molecule has 0 N–H and O–H groups in total. The van der Waals surface area contributed by atoms with Gasteiger partial charge >= 0.3 is 0 Å². The van der Waals surface area contributed by atoms with Crippen molar-refractivity contribution >= 4 is 38.9 Å². The van der Waals surface area contributed by atoms with Crippen LogP contribution in [-0.4, -0.2) is 4.57 Å². The van der Waals surface area contributed by atoms with Crippen LogP contribution >= 0.6 is 0 Å². The molecule has 0 saturated heterocycles. The van der Waals surface area contributed by atoms with E-state index in [1.165, 1.54) is 105 Å². The second-order valence-corrected chi connectivity index (χ2v) is 20.0. The number of fused-ring (bicyclic) bond motifs is 9. The molecule has 72 heavy (non-hydrogen) atoms. The molecule has 0 radical (unpaired) electrons. The summed E-state index contributed by atoms with van der Waals surface area (Å²) in [5.74, 6) is 0. The van der Waals surface area contributed by atoms with Gasteiger partial charge in [-0.2, -0.15) is 0 Å². The summed E-state index contributed by atoms with van der Waals surface area (Å²) in [6.07, 6.45) is 0. The fourth-order valence-corrected chi connectivity index (χ4v) is 12.6. The zero-order valence-corrected chi connectivity index (χ0v) is 40.3. The lowest BCUT2D eigenvalue weighted by atomic mass is 9.67. The number of hydrogen-bond donors (Lipinski definition) is 0. The molecular weight excluding hydrogens is 869 g/mol. The van der Waals surface area contributed by atoms with E-state index < -0.39 is 5.41 Å². The average Bonchev–Trinajstić information content (AvgIpc) is 4.03. The van der Waals surface area contributed by atoms with Crippen molar-refractivity contribution in [2.75, 3.05) is 4.90 Å². The minimum Gasteiger partial charge on any atom is -0.310 e. The van der Waals surface area contributed by atoms with E-state index in [4.69, 9.17) is 0 Å². The maximum absolute atomic E-state index is 2.49. The van der Waals surface area contributed by atoms with Gasteiger partial charge in [0.1, 0.15) is 0 Å². The fraction of sp³-hybridized carbons (Fsp3) is 0.0571. The predicted molar refractivity (Wildman–Crippen MR) is 301 cm³/mol. The van der Waals surface area contributed by atoms with E-state index in [1.54, 1.807) is 0 Å². The first kappa shape index (κ1) is 41.9. The van der Waals surface area contributed by atoms with Crippen LogP contribution in [0.1, 0.15) is 47.2 Å². The molecule has 0 fully saturated rings. The van der Waals surface area contributed by atoms with Crippen LogP contribution in [0.2, 0.25) is 0 Å². The number of anilines is 3. The van der Waals surface area contributed by atoms with Gasteiger partial charge in [-0.1, -0.05) is 214 Å². The van der Waals surface area contributed by atoms with E-state index in [0.717, 1.165) is 17.1 Å². The summed E-state index contributed by atoms with van der Waals surface area (Å²) in [5, 5.41) is 2.45. The van der Waals surface area contributed by atoms with Crippen LogP contribution in [0.15, 0.2) is 267 Å². The van der Waals surface area contributed by atoms with Gasteiger partial charge in [-0.05, 0) is 139 Å². The molecule has 0 bridgehead atoms. The standard InChI is InChI=1S/C70H50N2/c1-69(2)61-28-15-14-27-58(61)68-64(69)31-18-32-67(68)71(54-39-33-48(34-40-54)47-19-6-3-7-20-47)55-41-35-49(36-42-55)50-37-43-65-59(45-50)60-46-52(38-44-66(60)72(65)53-23-10-5-11-24-53)70(51-21-8-4-9-22-51)62-29-16-12-25-56(62)57-26-13-17-30-63(57)70/h3-46H,1-2H3. The van der Waals surface area contributed by atoms with Crippen molar-refractivity contribution in [1.29, 1.82) is 0 Å². The van der Waals surface area contributed by atoms with E-state index in [2.05, 4.69) is 290 Å². The second kappa shape index (κ2) is 16.3. The molecule has 12 aromatic rings. The lowest BCUT2D eigenvalue weighted by molar-refractivity contribution is 0.660. The van der Waals surface area contributed by atoms with Crippen LogP contribution in [0.25, 0.3) is 72.0 Å². The molecule has 2 nitrogen and oxygen atoms in total. The third-order valence-electron chi connectivity index (χ3n) is 15.9. The van der Waals surface area contributed by atoms with E-state index >= 15 is 0 Å². The van der Waals surface area contributed by atoms with Gasteiger partial charge < -0.3 is 9.47 Å². The van der Waals surface area contributed by atoms with Crippen molar-refractivity contribution in [3.63, 3.8) is 0 Å². The predicted octanol–water partition coefficient (Wildman–Crippen LogP) is 18.3. The first-order chi connectivity index (χ1) is 35.5. The second-order valence-electron chi connectivity index (χ2n) is 20.0. The Morgan fingerprint density at radius 2 is 0.806 bits per heavy atom. The molecular formula is C70H50N2. The van der Waals surface area contributed by atoms with Gasteiger partial charge in [0.05, 0.1) is 22.1 Å². The lowest BCUT2D eigenvalue weighted by Crippen LogP contribution is -2.28. The molecule has 2 heteroatoms. The van der Waals surface area contributed by atoms with Crippen LogP contribution in [0.5, 0.6) is 0 Å². The Hall–Kier alpha value is -8.98. The van der Waals surface area contributed by atoms with Gasteiger partial charge in [0, 0.05) is 38.8 Å². The first-order valence-electron chi connectivity index (χ1n) is 25.2. The summed E-state index contributed by atoms with van der Waals surface area (Å²) in [7, 11) is 0. The Morgan fingerprint density at radius 3 is 1.44 bits per heavy atom. The largest absolute Gasteiger partial charge is 0.310 e. The summed E-state index contributed by atoms with van der Waals surface area (Å²) < 4.78 is 2.44. The molecule has 0 unspecified atom stereocenters. The van der Waals surface area contributed by atoms with Crippen LogP contribution in [0.4, 0.5) is 17.1 Å². The maximum Gasteiger partial charge on any atom is 0.0713 e. The molecule has 0 aliphatic heterocycles. The molecule has 340 valence electrons. The minimum absolute atomic E-state index is 0.119. The highest BCUT2D eigenvalue weighted by Crippen LogP contribution is 2.57. The molecule has 2 aliphatic carbocycles. The minimum atomic E-state index is -0.498. The van der Waals surface area contributed by atoms with Crippen molar-refractivity contribution < 1.29 is 0 Å². The van der Waals surface area contributed by atoms with Gasteiger partial charge in [0.15, 0.2) is 0 Å². The van der Waals surface area contributed by atoms with E-state index in [9.17, 15) is 0 Å². The number of rotatable bonds is 8. The highest BCUT2D eigenvalue weighted by atomic mass is 15.1. The molecule has 0 amide bonds. The normalized spacial score (nSPS) is 13.6. The topological polar surface area (TPSA) is 8.17 Å². The highest BCUT2D eigenvalue weighted by Gasteiger charge is 2.46. The zero-order chi connectivity index (χ0) is 48.0. The third-order valence-corrected chi connectivity index (χ3v) is 15.9. The van der Waals surface area contributed by atoms with Gasteiger partial charge in [-0.3, -0.25) is 0 Å². The number of nitrogens with zero attached hydrogens (tertiary/aromatic N) is 2. The summed E-state index contributed by atoms with van der Waals surface area (Å²) in [6, 6.07) is 99.0. The lowest BCUT2D eigenvalue weighted by Gasteiger charge is -2.34. The van der Waals surface area contributed by atoms with Gasteiger partial charge in [-0.15, -0.1) is 0 Å².